The van der Waals surface area contributed by atoms with E-state index >= 15 is 0 Å². The van der Waals surface area contributed by atoms with Gasteiger partial charge in [0.2, 0.25) is 5.91 Å². The third-order valence-corrected chi connectivity index (χ3v) is 5.97. The van der Waals surface area contributed by atoms with Crippen molar-refractivity contribution < 1.29 is 4.79 Å². The van der Waals surface area contributed by atoms with Crippen molar-refractivity contribution in [1.29, 1.82) is 0 Å². The first-order valence-electron chi connectivity index (χ1n) is 8.25. The maximum Gasteiger partial charge on any atom is 0.230 e. The van der Waals surface area contributed by atoms with Gasteiger partial charge in [0.05, 0.1) is 5.75 Å². The summed E-state index contributed by atoms with van der Waals surface area (Å²) in [5.41, 5.74) is 1.90. The van der Waals surface area contributed by atoms with Gasteiger partial charge < -0.3 is 5.32 Å². The second-order valence-electron chi connectivity index (χ2n) is 6.92. The Hall–Kier alpha value is -1.10. The van der Waals surface area contributed by atoms with Crippen LogP contribution in [0.4, 0.5) is 0 Å². The van der Waals surface area contributed by atoms with E-state index in [0.29, 0.717) is 22.9 Å². The van der Waals surface area contributed by atoms with Crippen molar-refractivity contribution in [2.45, 2.75) is 57.7 Å². The van der Waals surface area contributed by atoms with Crippen LogP contribution in [0.1, 0.15) is 44.0 Å². The smallest absolute Gasteiger partial charge is 0.230 e. The number of thioether (sulfide) groups is 1. The van der Waals surface area contributed by atoms with Gasteiger partial charge in [-0.05, 0) is 63.9 Å². The van der Waals surface area contributed by atoms with Gasteiger partial charge in [0.1, 0.15) is 0 Å². The molecule has 2 saturated carbocycles. The van der Waals surface area contributed by atoms with E-state index < -0.39 is 0 Å². The molecule has 1 aromatic rings. The summed E-state index contributed by atoms with van der Waals surface area (Å²) in [6, 6.07) is 2.24. The predicted molar refractivity (Wildman–Crippen MR) is 88.8 cm³/mol. The molecule has 22 heavy (non-hydrogen) atoms. The number of amides is 1. The minimum Gasteiger partial charge on any atom is -0.353 e. The van der Waals surface area contributed by atoms with Crippen molar-refractivity contribution in [3.8, 4) is 0 Å². The van der Waals surface area contributed by atoms with Crippen molar-refractivity contribution in [1.82, 2.24) is 15.3 Å². The first kappa shape index (κ1) is 15.8. The van der Waals surface area contributed by atoms with Gasteiger partial charge in [-0.2, -0.15) is 0 Å². The van der Waals surface area contributed by atoms with Gasteiger partial charge in [0.25, 0.3) is 0 Å². The number of aryl methyl sites for hydroxylation is 2. The molecule has 0 unspecified atom stereocenters. The number of nitrogens with one attached hydrogen (secondary N) is 1. The quantitative estimate of drug-likeness (QED) is 0.669. The molecular weight excluding hydrogens is 294 g/mol. The highest BCUT2D eigenvalue weighted by Gasteiger charge is 2.42. The van der Waals surface area contributed by atoms with Crippen LogP contribution in [-0.2, 0) is 4.79 Å². The lowest BCUT2D eigenvalue weighted by atomic mass is 9.84. The van der Waals surface area contributed by atoms with Gasteiger partial charge >= 0.3 is 0 Å². The zero-order chi connectivity index (χ0) is 15.7. The summed E-state index contributed by atoms with van der Waals surface area (Å²) < 4.78 is 0. The average Bonchev–Trinajstić information content (AvgIpc) is 3.06. The lowest BCUT2D eigenvalue weighted by Gasteiger charge is -2.28. The van der Waals surface area contributed by atoms with Crippen LogP contribution in [0.2, 0.25) is 0 Å². The number of fused-ring (bicyclic) bond motifs is 2. The van der Waals surface area contributed by atoms with E-state index in [1.165, 1.54) is 37.4 Å². The molecule has 0 aromatic carbocycles. The Kier molecular flexibility index (Phi) is 4.71. The molecule has 3 rings (SSSR count). The van der Waals surface area contributed by atoms with Crippen molar-refractivity contribution >= 4 is 17.7 Å². The molecule has 1 aromatic heterocycles. The monoisotopic (exact) mass is 319 g/mol. The predicted octanol–water partition coefficient (Wildman–Crippen LogP) is 3.13. The van der Waals surface area contributed by atoms with Crippen molar-refractivity contribution in [2.24, 2.45) is 17.8 Å². The highest BCUT2D eigenvalue weighted by molar-refractivity contribution is 7.99. The second-order valence-corrected chi connectivity index (χ2v) is 7.86. The molecule has 5 heteroatoms. The van der Waals surface area contributed by atoms with Crippen LogP contribution in [0.15, 0.2) is 11.2 Å². The maximum absolute atomic E-state index is 12.2. The molecule has 4 atom stereocenters. The third kappa shape index (κ3) is 3.62. The van der Waals surface area contributed by atoms with Crippen molar-refractivity contribution in [3.63, 3.8) is 0 Å². The van der Waals surface area contributed by atoms with Crippen LogP contribution in [0, 0.1) is 31.6 Å². The lowest BCUT2D eigenvalue weighted by molar-refractivity contribution is -0.119. The van der Waals surface area contributed by atoms with E-state index in [1.807, 2.05) is 19.9 Å². The molecule has 2 bridgehead atoms. The molecule has 1 N–H and O–H groups in total. The summed E-state index contributed by atoms with van der Waals surface area (Å²) in [5.74, 6) is 2.95. The van der Waals surface area contributed by atoms with Crippen LogP contribution < -0.4 is 5.32 Å². The summed E-state index contributed by atoms with van der Waals surface area (Å²) >= 11 is 1.42. The van der Waals surface area contributed by atoms with Crippen molar-refractivity contribution in [2.75, 3.05) is 5.75 Å². The number of hydrogen-bond acceptors (Lipinski definition) is 4. The van der Waals surface area contributed by atoms with Crippen molar-refractivity contribution in [3.05, 3.63) is 17.5 Å². The van der Waals surface area contributed by atoms with Crippen LogP contribution in [0.5, 0.6) is 0 Å². The number of rotatable bonds is 5. The second kappa shape index (κ2) is 6.57. The molecule has 0 radical (unpaired) electrons. The maximum atomic E-state index is 12.2. The Morgan fingerprint density at radius 2 is 2.05 bits per heavy atom. The summed E-state index contributed by atoms with van der Waals surface area (Å²) in [5, 5.41) is 3.89. The fraction of sp³-hybridized carbons (Fsp3) is 0.706. The molecule has 1 heterocycles. The highest BCUT2D eigenvalue weighted by atomic mass is 32.2. The number of hydrogen-bond donors (Lipinski definition) is 1. The Morgan fingerprint density at radius 1 is 1.32 bits per heavy atom. The van der Waals surface area contributed by atoms with Crippen LogP contribution in [-0.4, -0.2) is 27.7 Å². The molecule has 0 spiro atoms. The fourth-order valence-electron chi connectivity index (χ4n) is 4.20. The Morgan fingerprint density at radius 3 is 2.64 bits per heavy atom. The van der Waals surface area contributed by atoms with Gasteiger partial charge in [0.15, 0.2) is 5.16 Å². The molecule has 0 saturated heterocycles. The van der Waals surface area contributed by atoms with Gasteiger partial charge in [0, 0.05) is 17.4 Å². The largest absolute Gasteiger partial charge is 0.353 e. The molecule has 120 valence electrons. The van der Waals surface area contributed by atoms with Gasteiger partial charge in [-0.3, -0.25) is 4.79 Å². The zero-order valence-electron chi connectivity index (χ0n) is 13.6. The van der Waals surface area contributed by atoms with E-state index in [9.17, 15) is 4.79 Å². The van der Waals surface area contributed by atoms with Gasteiger partial charge in [-0.25, -0.2) is 9.97 Å². The minimum atomic E-state index is 0.100. The zero-order valence-corrected chi connectivity index (χ0v) is 14.4. The standard InChI is InChI=1S/C17H25N3OS/c1-10-6-11(2)19-17(18-10)22-9-16(21)20-12(3)15-8-13-4-5-14(15)7-13/h6,12-15H,4-5,7-9H2,1-3H3,(H,20,21)/t12-,13+,14+,15+/m1/s1. The summed E-state index contributed by atoms with van der Waals surface area (Å²) in [4.78, 5) is 20.9. The van der Waals surface area contributed by atoms with E-state index in [1.54, 1.807) is 0 Å². The third-order valence-electron chi connectivity index (χ3n) is 5.12. The first-order chi connectivity index (χ1) is 10.5. The van der Waals surface area contributed by atoms with Gasteiger partial charge in [-0.15, -0.1) is 0 Å². The summed E-state index contributed by atoms with van der Waals surface area (Å²) in [6.07, 6.45) is 5.46. The molecule has 0 aliphatic heterocycles. The van der Waals surface area contributed by atoms with Crippen LogP contribution in [0.25, 0.3) is 0 Å². The van der Waals surface area contributed by atoms with Crippen LogP contribution >= 0.6 is 11.8 Å². The molecule has 1 amide bonds. The lowest BCUT2D eigenvalue weighted by Crippen LogP contribution is -2.40. The number of nitrogens with zero attached hydrogens (tertiary/aromatic N) is 2. The number of carbonyl (C=O) groups excluding carboxylic acids is 1. The van der Waals surface area contributed by atoms with E-state index in [-0.39, 0.29) is 5.91 Å². The molecule has 4 nitrogen and oxygen atoms in total. The fourth-order valence-corrected chi connectivity index (χ4v) is 4.96. The first-order valence-corrected chi connectivity index (χ1v) is 9.24. The normalized spacial score (nSPS) is 27.9. The average molecular weight is 319 g/mol. The topological polar surface area (TPSA) is 54.9 Å². The number of carbonyl (C=O) groups is 1. The highest BCUT2D eigenvalue weighted by Crippen LogP contribution is 2.49. The molecular formula is C17H25N3OS. The van der Waals surface area contributed by atoms with E-state index in [2.05, 4.69) is 22.2 Å². The SMILES string of the molecule is Cc1cc(C)nc(SCC(=O)N[C@H](C)[C@@H]2C[C@H]3CC[C@H]2C3)n1. The molecule has 2 aliphatic carbocycles. The Labute approximate surface area is 136 Å². The van der Waals surface area contributed by atoms with Gasteiger partial charge in [-0.1, -0.05) is 18.2 Å². The summed E-state index contributed by atoms with van der Waals surface area (Å²) in [6.45, 7) is 6.08. The minimum absolute atomic E-state index is 0.100. The number of aromatic nitrogens is 2. The molecule has 2 fully saturated rings. The summed E-state index contributed by atoms with van der Waals surface area (Å²) in [7, 11) is 0. The van der Waals surface area contributed by atoms with E-state index in [0.717, 1.165) is 23.2 Å². The van der Waals surface area contributed by atoms with Crippen LogP contribution in [0.3, 0.4) is 0 Å². The van der Waals surface area contributed by atoms with E-state index in [4.69, 9.17) is 0 Å². The Balaban J connectivity index is 1.48. The Bertz CT molecular complexity index is 543. The molecule has 2 aliphatic rings.